The molecule has 7 heteroatoms. The molecule has 0 radical (unpaired) electrons. The van der Waals surface area contributed by atoms with Gasteiger partial charge in [-0.25, -0.2) is 9.37 Å². The number of aliphatic carboxylic acids is 1. The van der Waals surface area contributed by atoms with Gasteiger partial charge in [-0.05, 0) is 12.1 Å². The number of benzene rings is 1. The molecule has 0 saturated heterocycles. The molecule has 0 unspecified atom stereocenters. The summed E-state index contributed by atoms with van der Waals surface area (Å²) in [5.41, 5.74) is 0.308. The normalized spacial score (nSPS) is 10.4. The minimum Gasteiger partial charge on any atom is -0.481 e. The highest BCUT2D eigenvalue weighted by Gasteiger charge is 2.10. The Balaban J connectivity index is 2.18. The molecule has 0 fully saturated rings. The molecule has 0 aliphatic rings. The van der Waals surface area contributed by atoms with Gasteiger partial charge in [0.05, 0.1) is 11.3 Å². The number of aromatic nitrogens is 3. The molecular formula is C10H8FN3O2S. The highest BCUT2D eigenvalue weighted by atomic mass is 32.2. The molecule has 88 valence electrons. The highest BCUT2D eigenvalue weighted by Crippen LogP contribution is 2.21. The second kappa shape index (κ2) is 4.96. The van der Waals surface area contributed by atoms with E-state index >= 15 is 0 Å². The van der Waals surface area contributed by atoms with Crippen LogP contribution in [0.2, 0.25) is 0 Å². The molecule has 0 saturated carbocycles. The molecule has 1 aromatic carbocycles. The molecule has 0 atom stereocenters. The SMILES string of the molecule is O=C(O)CSc1n[nH]c(-c2ccccc2F)n1. The van der Waals surface area contributed by atoms with Gasteiger partial charge in [0.15, 0.2) is 5.82 Å². The van der Waals surface area contributed by atoms with Gasteiger partial charge in [-0.1, -0.05) is 23.9 Å². The Labute approximate surface area is 100 Å². The third kappa shape index (κ3) is 2.82. The lowest BCUT2D eigenvalue weighted by atomic mass is 10.2. The molecule has 2 rings (SSSR count). The van der Waals surface area contributed by atoms with Crippen LogP contribution in [0.5, 0.6) is 0 Å². The summed E-state index contributed by atoms with van der Waals surface area (Å²) in [5, 5.41) is 15.2. The number of carboxylic acid groups (broad SMARTS) is 1. The van der Waals surface area contributed by atoms with Gasteiger partial charge in [0.25, 0.3) is 0 Å². The van der Waals surface area contributed by atoms with Crippen LogP contribution in [0.4, 0.5) is 4.39 Å². The maximum Gasteiger partial charge on any atom is 0.313 e. The average molecular weight is 253 g/mol. The van der Waals surface area contributed by atoms with Gasteiger partial charge in [-0.15, -0.1) is 5.10 Å². The zero-order valence-electron chi connectivity index (χ0n) is 8.55. The fraction of sp³-hybridized carbons (Fsp3) is 0.100. The Morgan fingerprint density at radius 1 is 1.47 bits per heavy atom. The van der Waals surface area contributed by atoms with E-state index in [1.54, 1.807) is 18.2 Å². The smallest absolute Gasteiger partial charge is 0.313 e. The minimum absolute atomic E-state index is 0.130. The molecule has 5 nitrogen and oxygen atoms in total. The van der Waals surface area contributed by atoms with Crippen molar-refractivity contribution in [3.05, 3.63) is 30.1 Å². The van der Waals surface area contributed by atoms with Gasteiger partial charge in [0, 0.05) is 0 Å². The Hall–Kier alpha value is -1.89. The summed E-state index contributed by atoms with van der Waals surface area (Å²) in [6.45, 7) is 0. The van der Waals surface area contributed by atoms with E-state index in [9.17, 15) is 9.18 Å². The van der Waals surface area contributed by atoms with E-state index < -0.39 is 11.8 Å². The fourth-order valence-corrected chi connectivity index (χ4v) is 1.73. The molecule has 0 amide bonds. The van der Waals surface area contributed by atoms with Crippen molar-refractivity contribution >= 4 is 17.7 Å². The summed E-state index contributed by atoms with van der Waals surface area (Å²) in [5.74, 6) is -1.20. The lowest BCUT2D eigenvalue weighted by Gasteiger charge is -1.96. The van der Waals surface area contributed by atoms with Crippen molar-refractivity contribution in [2.24, 2.45) is 0 Å². The lowest BCUT2D eigenvalue weighted by Crippen LogP contribution is -1.97. The van der Waals surface area contributed by atoms with E-state index in [0.717, 1.165) is 11.8 Å². The van der Waals surface area contributed by atoms with E-state index in [1.165, 1.54) is 6.07 Å². The van der Waals surface area contributed by atoms with Gasteiger partial charge in [0.2, 0.25) is 5.16 Å². The Kier molecular flexibility index (Phi) is 3.38. The van der Waals surface area contributed by atoms with E-state index in [4.69, 9.17) is 5.11 Å². The number of nitrogens with zero attached hydrogens (tertiary/aromatic N) is 2. The molecule has 0 spiro atoms. The van der Waals surface area contributed by atoms with E-state index in [-0.39, 0.29) is 16.7 Å². The summed E-state index contributed by atoms with van der Waals surface area (Å²) < 4.78 is 13.4. The molecule has 17 heavy (non-hydrogen) atoms. The van der Waals surface area contributed by atoms with Crippen LogP contribution < -0.4 is 0 Å². The second-order valence-electron chi connectivity index (χ2n) is 3.13. The number of aromatic amines is 1. The number of thioether (sulfide) groups is 1. The molecule has 2 N–H and O–H groups in total. The number of hydrogen-bond donors (Lipinski definition) is 2. The first-order valence-electron chi connectivity index (χ1n) is 4.68. The summed E-state index contributed by atoms with van der Waals surface area (Å²) in [6.07, 6.45) is 0. The first-order chi connectivity index (χ1) is 8.16. The summed E-state index contributed by atoms with van der Waals surface area (Å²) in [6, 6.07) is 6.16. The number of H-pyrrole nitrogens is 1. The standard InChI is InChI=1S/C10H8FN3O2S/c11-7-4-2-1-3-6(7)9-12-10(14-13-9)17-5-8(15)16/h1-4H,5H2,(H,15,16)(H,12,13,14). The van der Waals surface area contributed by atoms with Gasteiger partial charge in [-0.3, -0.25) is 9.89 Å². The van der Waals surface area contributed by atoms with Crippen LogP contribution in [-0.4, -0.2) is 32.0 Å². The van der Waals surface area contributed by atoms with Crippen LogP contribution >= 0.6 is 11.8 Å². The van der Waals surface area contributed by atoms with Gasteiger partial charge >= 0.3 is 5.97 Å². The largest absolute Gasteiger partial charge is 0.481 e. The van der Waals surface area contributed by atoms with Crippen LogP contribution in [0, 0.1) is 5.82 Å². The molecule has 0 aliphatic carbocycles. The molecular weight excluding hydrogens is 245 g/mol. The zero-order chi connectivity index (χ0) is 12.3. The van der Waals surface area contributed by atoms with Crippen LogP contribution in [0.1, 0.15) is 0 Å². The van der Waals surface area contributed by atoms with Crippen molar-refractivity contribution in [1.82, 2.24) is 15.2 Å². The van der Waals surface area contributed by atoms with Gasteiger partial charge in [-0.2, -0.15) is 0 Å². The minimum atomic E-state index is -0.952. The van der Waals surface area contributed by atoms with Crippen molar-refractivity contribution in [3.63, 3.8) is 0 Å². The topological polar surface area (TPSA) is 78.9 Å². The highest BCUT2D eigenvalue weighted by molar-refractivity contribution is 7.99. The maximum atomic E-state index is 13.4. The predicted octanol–water partition coefficient (Wildman–Crippen LogP) is 1.79. The number of rotatable bonds is 4. The Morgan fingerprint density at radius 3 is 2.94 bits per heavy atom. The molecule has 0 bridgehead atoms. The quantitative estimate of drug-likeness (QED) is 0.812. The van der Waals surface area contributed by atoms with Gasteiger partial charge in [0.1, 0.15) is 5.82 Å². The van der Waals surface area contributed by atoms with E-state index in [0.29, 0.717) is 5.56 Å². The van der Waals surface area contributed by atoms with Crippen LogP contribution in [0.15, 0.2) is 29.4 Å². The van der Waals surface area contributed by atoms with Crippen molar-refractivity contribution in [2.75, 3.05) is 5.75 Å². The fourth-order valence-electron chi connectivity index (χ4n) is 1.21. The first-order valence-corrected chi connectivity index (χ1v) is 5.67. The lowest BCUT2D eigenvalue weighted by molar-refractivity contribution is -0.133. The van der Waals surface area contributed by atoms with Crippen molar-refractivity contribution < 1.29 is 14.3 Å². The number of nitrogens with one attached hydrogen (secondary N) is 1. The van der Waals surface area contributed by atoms with Crippen molar-refractivity contribution in [1.29, 1.82) is 0 Å². The van der Waals surface area contributed by atoms with E-state index in [2.05, 4.69) is 15.2 Å². The van der Waals surface area contributed by atoms with Crippen LogP contribution in [-0.2, 0) is 4.79 Å². The molecule has 1 aromatic heterocycles. The van der Waals surface area contributed by atoms with Crippen molar-refractivity contribution in [3.8, 4) is 11.4 Å². The maximum absolute atomic E-state index is 13.4. The van der Waals surface area contributed by atoms with Gasteiger partial charge < -0.3 is 5.11 Å². The Morgan fingerprint density at radius 2 is 2.24 bits per heavy atom. The molecule has 0 aliphatic heterocycles. The Bertz CT molecular complexity index is 544. The summed E-state index contributed by atoms with van der Waals surface area (Å²) in [4.78, 5) is 14.4. The second-order valence-corrected chi connectivity index (χ2v) is 4.07. The van der Waals surface area contributed by atoms with Crippen LogP contribution in [0.3, 0.4) is 0 Å². The predicted molar refractivity (Wildman–Crippen MR) is 60.1 cm³/mol. The zero-order valence-corrected chi connectivity index (χ0v) is 9.37. The summed E-state index contributed by atoms with van der Waals surface area (Å²) in [7, 11) is 0. The third-order valence-electron chi connectivity index (χ3n) is 1.92. The number of carboxylic acids is 1. The third-order valence-corrected chi connectivity index (χ3v) is 2.75. The van der Waals surface area contributed by atoms with Crippen LogP contribution in [0.25, 0.3) is 11.4 Å². The first kappa shape index (κ1) is 11.6. The molecule has 2 aromatic rings. The number of carbonyl (C=O) groups is 1. The average Bonchev–Trinajstić information content (AvgIpc) is 2.75. The van der Waals surface area contributed by atoms with Crippen molar-refractivity contribution in [2.45, 2.75) is 5.16 Å². The number of halogens is 1. The summed E-state index contributed by atoms with van der Waals surface area (Å²) >= 11 is 0.974. The van der Waals surface area contributed by atoms with E-state index in [1.807, 2.05) is 0 Å². The molecule has 1 heterocycles. The number of hydrogen-bond acceptors (Lipinski definition) is 4. The monoisotopic (exact) mass is 253 g/mol.